The smallest absolute Gasteiger partial charge is 0.352 e. The second-order valence-electron chi connectivity index (χ2n) is 9.25. The molecular weight excluding hydrogens is 548 g/mol. The molecule has 1 aromatic rings. The van der Waals surface area contributed by atoms with Crippen molar-refractivity contribution < 1.29 is 38.7 Å². The van der Waals surface area contributed by atoms with Gasteiger partial charge in [0.05, 0.1) is 20.1 Å². The van der Waals surface area contributed by atoms with E-state index in [-0.39, 0.29) is 20.9 Å². The van der Waals surface area contributed by atoms with E-state index >= 15 is 0 Å². The molecule has 0 bridgehead atoms. The second kappa shape index (κ2) is 10.5. The molecule has 3 aliphatic heterocycles. The average molecular weight is 574 g/mol. The maximum Gasteiger partial charge on any atom is 0.352 e. The number of hydrogen-bond donors (Lipinski definition) is 4. The molecule has 1 aromatic heterocycles. The Bertz CT molecular complexity index is 1210. The molecule has 0 saturated carbocycles. The van der Waals surface area contributed by atoms with Crippen molar-refractivity contribution in [1.82, 2.24) is 15.2 Å². The number of β-lactam (4-membered cyclic amide) rings is 1. The van der Waals surface area contributed by atoms with Crippen molar-refractivity contribution >= 4 is 69.3 Å². The monoisotopic (exact) mass is 573 g/mol. The number of nitrogens with two attached hydrogens (primary N) is 1. The van der Waals surface area contributed by atoms with Crippen LogP contribution in [-0.2, 0) is 24.0 Å². The van der Waals surface area contributed by atoms with Gasteiger partial charge in [0.15, 0.2) is 10.8 Å². The van der Waals surface area contributed by atoms with Gasteiger partial charge in [0.2, 0.25) is 6.10 Å². The van der Waals surface area contributed by atoms with Crippen LogP contribution < -0.4 is 11.1 Å². The molecule has 5 N–H and O–H groups in total. The van der Waals surface area contributed by atoms with E-state index in [0.29, 0.717) is 17.9 Å². The fourth-order valence-corrected chi connectivity index (χ4v) is 6.83. The molecule has 0 radical (unpaired) electrons. The number of thiazole rings is 1. The van der Waals surface area contributed by atoms with Gasteiger partial charge in [0, 0.05) is 24.2 Å². The zero-order chi connectivity index (χ0) is 27.1. The summed E-state index contributed by atoms with van der Waals surface area (Å²) >= 11 is 8.37. The topological polar surface area (TPSA) is 185 Å². The number of hydrogen-bond acceptors (Lipinski definition) is 10. The number of nitrogens with zero attached hydrogens (tertiary/aromatic N) is 4. The molecule has 4 rings (SSSR count). The van der Waals surface area contributed by atoms with Crippen molar-refractivity contribution in [1.29, 1.82) is 0 Å². The van der Waals surface area contributed by atoms with Gasteiger partial charge in [-0.1, -0.05) is 28.1 Å². The standard InChI is InChI=1S/C21H25ClN6O7S2/c1-9(19(31)32)35-26-12(11-15(22)37-21(23)25-11)16(29)24-13-17(30)27-14(20(33)34)10(8-36-18(13)27)7-28(2)5-3-4-6-28/h9,13,18H,3-8H2,1-2H3,(H4-,23,24,25,29,31,32,33,34)/p+1/b26-12-/t9-,13?,18?/m0/s1. The molecule has 2 saturated heterocycles. The number of amides is 2. The Morgan fingerprint density at radius 3 is 2.59 bits per heavy atom. The maximum absolute atomic E-state index is 13.1. The lowest BCUT2D eigenvalue weighted by Crippen LogP contribution is -2.71. The third kappa shape index (κ3) is 5.39. The van der Waals surface area contributed by atoms with Gasteiger partial charge < -0.3 is 30.6 Å². The number of carboxylic acids is 2. The normalized spacial score (nSPS) is 23.8. The number of nitrogens with one attached hydrogen (secondary N) is 1. The van der Waals surface area contributed by atoms with Crippen LogP contribution in [0.1, 0.15) is 25.5 Å². The highest BCUT2D eigenvalue weighted by molar-refractivity contribution is 8.00. The lowest BCUT2D eigenvalue weighted by atomic mass is 10.0. The minimum absolute atomic E-state index is 0.0193. The summed E-state index contributed by atoms with van der Waals surface area (Å²) in [7, 11) is 2.09. The number of carbonyl (C=O) groups excluding carboxylic acids is 2. The number of likely N-dealkylation sites (tertiary alicyclic amines) is 1. The number of quaternary nitrogens is 1. The van der Waals surface area contributed by atoms with Crippen molar-refractivity contribution in [2.75, 3.05) is 38.2 Å². The quantitative estimate of drug-likeness (QED) is 0.141. The Labute approximate surface area is 224 Å². The summed E-state index contributed by atoms with van der Waals surface area (Å²) in [5, 5.41) is 24.6. The Balaban J connectivity index is 1.55. The third-order valence-corrected chi connectivity index (χ3v) is 8.87. The molecule has 13 nitrogen and oxygen atoms in total. The molecule has 2 unspecified atom stereocenters. The second-order valence-corrected chi connectivity index (χ2v) is 12.0. The first-order chi connectivity index (χ1) is 17.4. The van der Waals surface area contributed by atoms with Crippen LogP contribution in [0.15, 0.2) is 16.4 Å². The van der Waals surface area contributed by atoms with Gasteiger partial charge in [-0.25, -0.2) is 14.6 Å². The number of thioether (sulfide) groups is 1. The Morgan fingerprint density at radius 2 is 2.03 bits per heavy atom. The first-order valence-corrected chi connectivity index (χ1v) is 13.6. The lowest BCUT2D eigenvalue weighted by Gasteiger charge is -2.49. The van der Waals surface area contributed by atoms with Crippen LogP contribution in [-0.4, -0.2) is 104 Å². The number of carboxylic acid groups (broad SMARTS) is 2. The number of carbonyl (C=O) groups is 4. The predicted octanol–water partition coefficient (Wildman–Crippen LogP) is 0.552. The van der Waals surface area contributed by atoms with Crippen molar-refractivity contribution in [3.05, 3.63) is 21.3 Å². The third-order valence-electron chi connectivity index (χ3n) is 6.45. The summed E-state index contributed by atoms with van der Waals surface area (Å²) in [5.41, 5.74) is 5.74. The van der Waals surface area contributed by atoms with Crippen LogP contribution in [0.25, 0.3) is 0 Å². The molecule has 0 aliphatic carbocycles. The summed E-state index contributed by atoms with van der Waals surface area (Å²) < 4.78 is 0.747. The minimum atomic E-state index is -1.38. The summed E-state index contributed by atoms with van der Waals surface area (Å²) in [6, 6.07) is -1.04. The Morgan fingerprint density at radius 1 is 1.35 bits per heavy atom. The molecule has 2 fully saturated rings. The predicted molar refractivity (Wildman–Crippen MR) is 136 cm³/mol. The number of rotatable bonds is 9. The summed E-state index contributed by atoms with van der Waals surface area (Å²) in [4.78, 5) is 59.6. The summed E-state index contributed by atoms with van der Waals surface area (Å²) in [6.07, 6.45) is 0.771. The van der Waals surface area contributed by atoms with E-state index in [1.807, 2.05) is 0 Å². The van der Waals surface area contributed by atoms with E-state index in [1.165, 1.54) is 23.6 Å². The first kappa shape index (κ1) is 27.2. The van der Waals surface area contributed by atoms with Gasteiger partial charge in [-0.2, -0.15) is 0 Å². The van der Waals surface area contributed by atoms with Crippen LogP contribution in [0.3, 0.4) is 0 Å². The van der Waals surface area contributed by atoms with Gasteiger partial charge >= 0.3 is 11.9 Å². The maximum atomic E-state index is 13.1. The van der Waals surface area contributed by atoms with Crippen molar-refractivity contribution in [3.8, 4) is 0 Å². The van der Waals surface area contributed by atoms with Crippen LogP contribution >= 0.6 is 34.7 Å². The molecule has 0 aromatic carbocycles. The fraction of sp³-hybridized carbons (Fsp3) is 0.524. The molecule has 16 heteroatoms. The minimum Gasteiger partial charge on any atom is -0.478 e. The molecule has 0 spiro atoms. The van der Waals surface area contributed by atoms with Crippen LogP contribution in [0.5, 0.6) is 0 Å². The van der Waals surface area contributed by atoms with Crippen molar-refractivity contribution in [2.24, 2.45) is 5.16 Å². The molecule has 200 valence electrons. The number of anilines is 1. The number of nitrogen functional groups attached to an aromatic ring is 1. The van der Waals surface area contributed by atoms with Crippen molar-refractivity contribution in [2.45, 2.75) is 37.3 Å². The number of aliphatic carboxylic acids is 2. The average Bonchev–Trinajstić information content (AvgIpc) is 3.41. The largest absolute Gasteiger partial charge is 0.478 e. The Kier molecular flexibility index (Phi) is 7.69. The summed E-state index contributed by atoms with van der Waals surface area (Å²) in [6.45, 7) is 3.66. The van der Waals surface area contributed by atoms with E-state index < -0.39 is 47.0 Å². The summed E-state index contributed by atoms with van der Waals surface area (Å²) in [5.74, 6) is -3.57. The number of aromatic nitrogens is 1. The van der Waals surface area contributed by atoms with Crippen LogP contribution in [0.2, 0.25) is 4.34 Å². The zero-order valence-corrected chi connectivity index (χ0v) is 22.4. The van der Waals surface area contributed by atoms with Crippen LogP contribution in [0.4, 0.5) is 5.13 Å². The lowest BCUT2D eigenvalue weighted by molar-refractivity contribution is -0.893. The van der Waals surface area contributed by atoms with Crippen molar-refractivity contribution in [3.63, 3.8) is 0 Å². The number of halogens is 1. The van der Waals surface area contributed by atoms with Gasteiger partial charge in [0.25, 0.3) is 11.8 Å². The molecular formula is C21H26ClN6O7S2+. The number of likely N-dealkylation sites (N-methyl/N-ethyl adjacent to an activating group) is 1. The molecule has 37 heavy (non-hydrogen) atoms. The van der Waals surface area contributed by atoms with Crippen LogP contribution in [0, 0.1) is 0 Å². The number of oxime groups is 1. The van der Waals surface area contributed by atoms with E-state index in [1.54, 1.807) is 0 Å². The van der Waals surface area contributed by atoms with Gasteiger partial charge in [-0.3, -0.25) is 14.5 Å². The van der Waals surface area contributed by atoms with E-state index in [9.17, 15) is 24.3 Å². The molecule has 3 aliphatic rings. The van der Waals surface area contributed by atoms with E-state index in [0.717, 1.165) is 41.8 Å². The fourth-order valence-electron chi connectivity index (χ4n) is 4.56. The Hall–Kier alpha value is -2.88. The van der Waals surface area contributed by atoms with Gasteiger partial charge in [-0.05, 0) is 6.92 Å². The highest BCUT2D eigenvalue weighted by Gasteiger charge is 2.55. The van der Waals surface area contributed by atoms with E-state index in [4.69, 9.17) is 27.3 Å². The first-order valence-electron chi connectivity index (χ1n) is 11.3. The molecule has 4 heterocycles. The zero-order valence-electron chi connectivity index (χ0n) is 20.0. The molecule has 2 amide bonds. The van der Waals surface area contributed by atoms with E-state index in [2.05, 4.69) is 22.5 Å². The highest BCUT2D eigenvalue weighted by Crippen LogP contribution is 2.41. The SMILES string of the molecule is C[C@H](O/N=C(\C(=O)NC1C(=O)N2C(C(=O)O)=C(C[N+]3(C)CCCC3)CSC12)c1nc(N)sc1Cl)C(=O)O. The number of fused-ring (bicyclic) bond motifs is 1. The highest BCUT2D eigenvalue weighted by atomic mass is 35.5. The van der Waals surface area contributed by atoms with Gasteiger partial charge in [-0.15, -0.1) is 11.8 Å². The molecule has 3 atom stereocenters. The van der Waals surface area contributed by atoms with Gasteiger partial charge in [0.1, 0.15) is 33.7 Å².